The van der Waals surface area contributed by atoms with E-state index in [1.165, 1.54) is 4.31 Å². The molecule has 4 heterocycles. The molecule has 5 rings (SSSR count). The molecular weight excluding hydrogens is 432 g/mol. The van der Waals surface area contributed by atoms with Gasteiger partial charge in [0.05, 0.1) is 30.0 Å². The van der Waals surface area contributed by atoms with Crippen molar-refractivity contribution in [3.63, 3.8) is 0 Å². The molecule has 0 unspecified atom stereocenters. The van der Waals surface area contributed by atoms with Gasteiger partial charge in [-0.2, -0.15) is 9.40 Å². The number of ether oxygens (including phenoxy) is 1. The summed E-state index contributed by atoms with van der Waals surface area (Å²) in [5.41, 5.74) is 2.57. The molecular formula is C21H26N6O4S. The molecule has 0 saturated carbocycles. The van der Waals surface area contributed by atoms with Crippen LogP contribution in [0.25, 0.3) is 0 Å². The maximum Gasteiger partial charge on any atom is 0.243 e. The van der Waals surface area contributed by atoms with Crippen molar-refractivity contribution < 1.29 is 17.9 Å². The Balaban J connectivity index is 1.27. The first-order valence-corrected chi connectivity index (χ1v) is 12.3. The SMILES string of the molecule is O=C1CCc2cc(S(=O)(=O)N3CCN(c4cc(N5CCOCC5)cnn4)CC3)ccc2N1. The van der Waals surface area contributed by atoms with E-state index in [1.54, 1.807) is 24.4 Å². The van der Waals surface area contributed by atoms with Crippen LogP contribution in [-0.4, -0.2) is 81.3 Å². The Morgan fingerprint density at radius 3 is 2.50 bits per heavy atom. The molecule has 0 aliphatic carbocycles. The third kappa shape index (κ3) is 4.15. The molecule has 170 valence electrons. The summed E-state index contributed by atoms with van der Waals surface area (Å²) in [6, 6.07) is 6.96. The highest BCUT2D eigenvalue weighted by Gasteiger charge is 2.30. The van der Waals surface area contributed by atoms with Crippen molar-refractivity contribution >= 4 is 33.1 Å². The Morgan fingerprint density at radius 2 is 1.72 bits per heavy atom. The van der Waals surface area contributed by atoms with Gasteiger partial charge in [-0.3, -0.25) is 4.79 Å². The number of benzene rings is 1. The van der Waals surface area contributed by atoms with Crippen LogP contribution >= 0.6 is 0 Å². The quantitative estimate of drug-likeness (QED) is 0.714. The first kappa shape index (κ1) is 21.1. The normalized spacial score (nSPS) is 20.1. The molecule has 3 aliphatic heterocycles. The van der Waals surface area contributed by atoms with Gasteiger partial charge in [-0.25, -0.2) is 8.42 Å². The van der Waals surface area contributed by atoms with Crippen molar-refractivity contribution in [1.82, 2.24) is 14.5 Å². The Morgan fingerprint density at radius 1 is 0.938 bits per heavy atom. The van der Waals surface area contributed by atoms with Crippen LogP contribution < -0.4 is 15.1 Å². The van der Waals surface area contributed by atoms with Crippen LogP contribution in [0.3, 0.4) is 0 Å². The van der Waals surface area contributed by atoms with E-state index in [0.29, 0.717) is 57.9 Å². The average molecular weight is 459 g/mol. The highest BCUT2D eigenvalue weighted by molar-refractivity contribution is 7.89. The highest BCUT2D eigenvalue weighted by atomic mass is 32.2. The smallest absolute Gasteiger partial charge is 0.243 e. The zero-order valence-corrected chi connectivity index (χ0v) is 18.6. The van der Waals surface area contributed by atoms with Crippen LogP contribution in [0, 0.1) is 0 Å². The van der Waals surface area contributed by atoms with E-state index in [1.807, 2.05) is 6.07 Å². The molecule has 0 spiro atoms. The van der Waals surface area contributed by atoms with Gasteiger partial charge in [-0.05, 0) is 30.2 Å². The summed E-state index contributed by atoms with van der Waals surface area (Å²) in [5, 5.41) is 11.2. The van der Waals surface area contributed by atoms with Crippen LogP contribution in [0.15, 0.2) is 35.4 Å². The summed E-state index contributed by atoms with van der Waals surface area (Å²) in [5.74, 6) is 0.723. The number of carbonyl (C=O) groups is 1. The lowest BCUT2D eigenvalue weighted by Crippen LogP contribution is -2.49. The Labute approximate surface area is 187 Å². The van der Waals surface area contributed by atoms with E-state index in [-0.39, 0.29) is 10.8 Å². The minimum Gasteiger partial charge on any atom is -0.378 e. The number of nitrogens with one attached hydrogen (secondary N) is 1. The molecule has 0 bridgehead atoms. The fourth-order valence-electron chi connectivity index (χ4n) is 4.32. The van der Waals surface area contributed by atoms with Gasteiger partial charge in [0.2, 0.25) is 15.9 Å². The molecule has 32 heavy (non-hydrogen) atoms. The maximum absolute atomic E-state index is 13.2. The lowest BCUT2D eigenvalue weighted by molar-refractivity contribution is -0.116. The Hall–Kier alpha value is -2.76. The number of fused-ring (bicyclic) bond motifs is 1. The third-order valence-corrected chi connectivity index (χ3v) is 8.07. The largest absolute Gasteiger partial charge is 0.378 e. The van der Waals surface area contributed by atoms with E-state index < -0.39 is 10.0 Å². The number of amides is 1. The summed E-state index contributed by atoms with van der Waals surface area (Å²) < 4.78 is 33.4. The van der Waals surface area contributed by atoms with Crippen molar-refractivity contribution in [2.75, 3.05) is 67.6 Å². The molecule has 3 aliphatic rings. The van der Waals surface area contributed by atoms with E-state index in [9.17, 15) is 13.2 Å². The third-order valence-electron chi connectivity index (χ3n) is 6.18. The number of hydrogen-bond acceptors (Lipinski definition) is 8. The van der Waals surface area contributed by atoms with E-state index in [4.69, 9.17) is 4.74 Å². The zero-order valence-electron chi connectivity index (χ0n) is 17.7. The average Bonchev–Trinajstić information content (AvgIpc) is 2.84. The van der Waals surface area contributed by atoms with Crippen LogP contribution in [0.2, 0.25) is 0 Å². The fraction of sp³-hybridized carbons (Fsp3) is 0.476. The van der Waals surface area contributed by atoms with E-state index in [0.717, 1.165) is 30.2 Å². The molecule has 1 aromatic heterocycles. The molecule has 1 aromatic carbocycles. The van der Waals surface area contributed by atoms with Gasteiger partial charge in [0.25, 0.3) is 0 Å². The lowest BCUT2D eigenvalue weighted by atomic mass is 10.0. The predicted octanol–water partition coefficient (Wildman–Crippen LogP) is 0.709. The van der Waals surface area contributed by atoms with Gasteiger partial charge < -0.3 is 19.9 Å². The summed E-state index contributed by atoms with van der Waals surface area (Å²) in [7, 11) is -3.60. The van der Waals surface area contributed by atoms with Gasteiger partial charge in [-0.15, -0.1) is 5.10 Å². The molecule has 10 nitrogen and oxygen atoms in total. The van der Waals surface area contributed by atoms with Gasteiger partial charge >= 0.3 is 0 Å². The van der Waals surface area contributed by atoms with Crippen LogP contribution in [0.5, 0.6) is 0 Å². The number of aromatic nitrogens is 2. The number of aryl methyl sites for hydroxylation is 1. The molecule has 2 saturated heterocycles. The maximum atomic E-state index is 13.2. The van der Waals surface area contributed by atoms with Gasteiger partial charge in [0, 0.05) is 57.4 Å². The van der Waals surface area contributed by atoms with Crippen molar-refractivity contribution in [3.05, 3.63) is 36.0 Å². The monoisotopic (exact) mass is 458 g/mol. The first-order chi connectivity index (χ1) is 15.5. The topological polar surface area (TPSA) is 108 Å². The molecule has 11 heteroatoms. The van der Waals surface area contributed by atoms with Crippen molar-refractivity contribution in [2.24, 2.45) is 0 Å². The van der Waals surface area contributed by atoms with Gasteiger partial charge in [-0.1, -0.05) is 0 Å². The summed E-state index contributed by atoms with van der Waals surface area (Å²) in [6.45, 7) is 4.87. The highest BCUT2D eigenvalue weighted by Crippen LogP contribution is 2.28. The minimum atomic E-state index is -3.60. The van der Waals surface area contributed by atoms with Crippen molar-refractivity contribution in [2.45, 2.75) is 17.7 Å². The van der Waals surface area contributed by atoms with Crippen molar-refractivity contribution in [3.8, 4) is 0 Å². The molecule has 1 N–H and O–H groups in total. The number of carbonyl (C=O) groups excluding carboxylic acids is 1. The number of hydrogen-bond donors (Lipinski definition) is 1. The fourth-order valence-corrected chi connectivity index (χ4v) is 5.79. The summed E-state index contributed by atoms with van der Waals surface area (Å²) >= 11 is 0. The molecule has 0 atom stereocenters. The summed E-state index contributed by atoms with van der Waals surface area (Å²) in [6.07, 6.45) is 2.68. The Kier molecular flexibility index (Phi) is 5.70. The number of morpholine rings is 1. The molecule has 2 aromatic rings. The number of sulfonamides is 1. The second-order valence-corrected chi connectivity index (χ2v) is 10.1. The number of rotatable bonds is 4. The first-order valence-electron chi connectivity index (χ1n) is 10.8. The zero-order chi connectivity index (χ0) is 22.1. The van der Waals surface area contributed by atoms with Crippen LogP contribution in [-0.2, 0) is 26.0 Å². The Bertz CT molecular complexity index is 1110. The van der Waals surface area contributed by atoms with Crippen molar-refractivity contribution in [1.29, 1.82) is 0 Å². The lowest BCUT2D eigenvalue weighted by Gasteiger charge is -2.35. The number of piperazine rings is 1. The van der Waals surface area contributed by atoms with Gasteiger partial charge in [0.1, 0.15) is 0 Å². The van der Waals surface area contributed by atoms with Crippen LogP contribution in [0.1, 0.15) is 12.0 Å². The molecule has 1 amide bonds. The second kappa shape index (κ2) is 8.64. The summed E-state index contributed by atoms with van der Waals surface area (Å²) in [4.78, 5) is 16.1. The van der Waals surface area contributed by atoms with E-state index in [2.05, 4.69) is 25.3 Å². The predicted molar refractivity (Wildman–Crippen MR) is 119 cm³/mol. The van der Waals surface area contributed by atoms with E-state index >= 15 is 0 Å². The van der Waals surface area contributed by atoms with Crippen LogP contribution in [0.4, 0.5) is 17.2 Å². The number of nitrogens with zero attached hydrogens (tertiary/aromatic N) is 5. The minimum absolute atomic E-state index is 0.0370. The number of anilines is 3. The second-order valence-electron chi connectivity index (χ2n) is 8.13. The molecule has 2 fully saturated rings. The molecule has 0 radical (unpaired) electrons. The standard InChI is InChI=1S/C21H26N6O4S/c28-21-4-1-16-13-18(2-3-19(16)23-21)32(29,30)27-7-5-26(6-8-27)20-14-17(15-22-24-20)25-9-11-31-12-10-25/h2-3,13-15H,1,4-12H2,(H,23,28). The van der Waals surface area contributed by atoms with Gasteiger partial charge in [0.15, 0.2) is 5.82 Å².